The SMILES string of the molecule is O=C(c1cccc(F)c1)N1CCSC12CCN(S(=O)(=O)c1ccc(F)cc1)CC2. The van der Waals surface area contributed by atoms with Gasteiger partial charge in [0.05, 0.1) is 9.77 Å². The number of rotatable bonds is 3. The number of hydrogen-bond donors (Lipinski definition) is 0. The lowest BCUT2D eigenvalue weighted by molar-refractivity contribution is 0.0604. The van der Waals surface area contributed by atoms with Crippen molar-refractivity contribution in [3.8, 4) is 0 Å². The molecule has 0 aromatic heterocycles. The number of thioether (sulfide) groups is 1. The minimum Gasteiger partial charge on any atom is -0.323 e. The van der Waals surface area contributed by atoms with Gasteiger partial charge in [0.15, 0.2) is 0 Å². The van der Waals surface area contributed by atoms with Crippen LogP contribution < -0.4 is 0 Å². The Hall–Kier alpha value is -1.97. The molecule has 5 nitrogen and oxygen atoms in total. The summed E-state index contributed by atoms with van der Waals surface area (Å²) in [6.07, 6.45) is 0.971. The Kier molecular flexibility index (Phi) is 5.39. The lowest BCUT2D eigenvalue weighted by atomic mass is 10.0. The molecule has 0 saturated carbocycles. The zero-order valence-electron chi connectivity index (χ0n) is 15.6. The van der Waals surface area contributed by atoms with Crippen molar-refractivity contribution in [2.45, 2.75) is 22.6 Å². The summed E-state index contributed by atoms with van der Waals surface area (Å²) in [6.45, 7) is 1.07. The molecule has 2 fully saturated rings. The zero-order chi connectivity index (χ0) is 20.6. The average molecular weight is 439 g/mol. The molecule has 0 aliphatic carbocycles. The molecule has 4 rings (SSSR count). The molecule has 2 aliphatic rings. The summed E-state index contributed by atoms with van der Waals surface area (Å²) >= 11 is 1.65. The van der Waals surface area contributed by atoms with E-state index in [-0.39, 0.29) is 23.9 Å². The smallest absolute Gasteiger partial charge is 0.255 e. The second kappa shape index (κ2) is 7.70. The van der Waals surface area contributed by atoms with Gasteiger partial charge in [0.1, 0.15) is 11.6 Å². The highest BCUT2D eigenvalue weighted by molar-refractivity contribution is 8.00. The summed E-state index contributed by atoms with van der Waals surface area (Å²) in [5, 5.41) is 0. The molecule has 2 aliphatic heterocycles. The third-order valence-electron chi connectivity index (χ3n) is 5.45. The Bertz CT molecular complexity index is 1020. The first-order valence-corrected chi connectivity index (χ1v) is 11.7. The first kappa shape index (κ1) is 20.3. The third-order valence-corrected chi connectivity index (χ3v) is 8.91. The molecule has 0 radical (unpaired) electrons. The Morgan fingerprint density at radius 3 is 2.31 bits per heavy atom. The second-order valence-corrected chi connectivity index (χ2v) is 10.5. The second-order valence-electron chi connectivity index (χ2n) is 7.12. The van der Waals surface area contributed by atoms with Crippen LogP contribution in [0.3, 0.4) is 0 Å². The van der Waals surface area contributed by atoms with Crippen LogP contribution in [0.2, 0.25) is 0 Å². The van der Waals surface area contributed by atoms with Crippen molar-refractivity contribution in [2.75, 3.05) is 25.4 Å². The van der Waals surface area contributed by atoms with Crippen LogP contribution in [-0.4, -0.2) is 53.8 Å². The maximum absolute atomic E-state index is 13.5. The van der Waals surface area contributed by atoms with Gasteiger partial charge in [0.2, 0.25) is 10.0 Å². The molecule has 2 aromatic carbocycles. The Balaban J connectivity index is 1.51. The van der Waals surface area contributed by atoms with Crippen LogP contribution in [0.25, 0.3) is 0 Å². The van der Waals surface area contributed by atoms with Crippen molar-refractivity contribution in [3.05, 3.63) is 65.7 Å². The van der Waals surface area contributed by atoms with E-state index in [0.717, 1.165) is 17.9 Å². The summed E-state index contributed by atoms with van der Waals surface area (Å²) in [6, 6.07) is 10.4. The standard InChI is InChI=1S/C20H20F2N2O3S2/c21-16-4-6-18(7-5-16)29(26,27)23-10-8-20(9-11-23)24(12-13-28-20)19(25)15-2-1-3-17(22)14-15/h1-7,14H,8-13H2. The van der Waals surface area contributed by atoms with Crippen LogP contribution in [0.1, 0.15) is 23.2 Å². The lowest BCUT2D eigenvalue weighted by Crippen LogP contribution is -2.53. The van der Waals surface area contributed by atoms with Gasteiger partial charge in [-0.3, -0.25) is 4.79 Å². The van der Waals surface area contributed by atoms with E-state index in [4.69, 9.17) is 0 Å². The molecule has 2 aromatic rings. The molecule has 2 saturated heterocycles. The number of carbonyl (C=O) groups excluding carboxylic acids is 1. The van der Waals surface area contributed by atoms with Crippen molar-refractivity contribution in [1.82, 2.24) is 9.21 Å². The average Bonchev–Trinajstić information content (AvgIpc) is 3.11. The van der Waals surface area contributed by atoms with E-state index in [1.54, 1.807) is 22.7 Å². The van der Waals surface area contributed by atoms with E-state index >= 15 is 0 Å². The normalized spacial score (nSPS) is 19.6. The van der Waals surface area contributed by atoms with Gasteiger partial charge >= 0.3 is 0 Å². The number of amides is 1. The van der Waals surface area contributed by atoms with Crippen LogP contribution >= 0.6 is 11.8 Å². The van der Waals surface area contributed by atoms with Crippen molar-refractivity contribution in [2.24, 2.45) is 0 Å². The Morgan fingerprint density at radius 1 is 0.966 bits per heavy atom. The lowest BCUT2D eigenvalue weighted by Gasteiger charge is -2.43. The number of sulfonamides is 1. The Morgan fingerprint density at radius 2 is 1.66 bits per heavy atom. The molecule has 2 heterocycles. The van der Waals surface area contributed by atoms with Gasteiger partial charge in [0.25, 0.3) is 5.91 Å². The molecule has 0 N–H and O–H groups in total. The van der Waals surface area contributed by atoms with Crippen molar-refractivity contribution in [1.29, 1.82) is 0 Å². The minimum atomic E-state index is -3.72. The zero-order valence-corrected chi connectivity index (χ0v) is 17.2. The highest BCUT2D eigenvalue weighted by atomic mass is 32.2. The number of halogens is 2. The van der Waals surface area contributed by atoms with Crippen molar-refractivity contribution >= 4 is 27.7 Å². The molecular formula is C20H20F2N2O3S2. The Labute approximate surface area is 172 Å². The van der Waals surface area contributed by atoms with Crippen LogP contribution in [0.15, 0.2) is 53.4 Å². The fourth-order valence-electron chi connectivity index (χ4n) is 3.92. The van der Waals surface area contributed by atoms with E-state index in [1.807, 2.05) is 0 Å². The van der Waals surface area contributed by atoms with Crippen LogP contribution in [0, 0.1) is 11.6 Å². The summed E-state index contributed by atoms with van der Waals surface area (Å²) in [5.41, 5.74) is 0.299. The predicted octanol–water partition coefficient (Wildman–Crippen LogP) is 3.33. The quantitative estimate of drug-likeness (QED) is 0.738. The fourth-order valence-corrected chi connectivity index (χ4v) is 6.81. The van der Waals surface area contributed by atoms with E-state index in [9.17, 15) is 22.0 Å². The summed E-state index contributed by atoms with van der Waals surface area (Å²) in [5.74, 6) is -0.428. The van der Waals surface area contributed by atoms with Gasteiger partial charge in [-0.25, -0.2) is 17.2 Å². The van der Waals surface area contributed by atoms with Gasteiger partial charge < -0.3 is 4.90 Å². The predicted molar refractivity (Wildman–Crippen MR) is 107 cm³/mol. The molecule has 0 bridgehead atoms. The molecule has 1 amide bonds. The largest absolute Gasteiger partial charge is 0.323 e. The first-order chi connectivity index (χ1) is 13.8. The van der Waals surface area contributed by atoms with Crippen molar-refractivity contribution < 1.29 is 22.0 Å². The molecule has 9 heteroatoms. The topological polar surface area (TPSA) is 57.7 Å². The summed E-state index contributed by atoms with van der Waals surface area (Å²) in [4.78, 5) is 14.3. The van der Waals surface area contributed by atoms with Gasteiger partial charge in [0, 0.05) is 31.0 Å². The number of hydrogen-bond acceptors (Lipinski definition) is 4. The van der Waals surface area contributed by atoms with Gasteiger partial charge in [-0.2, -0.15) is 4.31 Å². The van der Waals surface area contributed by atoms with E-state index in [0.29, 0.717) is 24.9 Å². The first-order valence-electron chi connectivity index (χ1n) is 9.29. The molecular weight excluding hydrogens is 418 g/mol. The van der Waals surface area contributed by atoms with Crippen molar-refractivity contribution in [3.63, 3.8) is 0 Å². The summed E-state index contributed by atoms with van der Waals surface area (Å²) in [7, 11) is -3.72. The van der Waals surface area contributed by atoms with E-state index in [2.05, 4.69) is 0 Å². The minimum absolute atomic E-state index is 0.0571. The van der Waals surface area contributed by atoms with Crippen LogP contribution in [0.4, 0.5) is 8.78 Å². The highest BCUT2D eigenvalue weighted by Gasteiger charge is 2.48. The summed E-state index contributed by atoms with van der Waals surface area (Å²) < 4.78 is 53.8. The van der Waals surface area contributed by atoms with Gasteiger partial charge in [-0.15, -0.1) is 11.8 Å². The molecule has 0 unspecified atom stereocenters. The number of nitrogens with zero attached hydrogens (tertiary/aromatic N) is 2. The van der Waals surface area contributed by atoms with Crippen LogP contribution in [0.5, 0.6) is 0 Å². The number of carbonyl (C=O) groups is 1. The molecule has 29 heavy (non-hydrogen) atoms. The monoisotopic (exact) mass is 438 g/mol. The van der Waals surface area contributed by atoms with Gasteiger partial charge in [-0.05, 0) is 55.3 Å². The number of piperidine rings is 1. The number of benzene rings is 2. The molecule has 0 atom stereocenters. The molecule has 1 spiro atoms. The van der Waals surface area contributed by atoms with Gasteiger partial charge in [-0.1, -0.05) is 6.07 Å². The maximum atomic E-state index is 13.5. The van der Waals surface area contributed by atoms with E-state index in [1.165, 1.54) is 34.6 Å². The maximum Gasteiger partial charge on any atom is 0.255 e. The molecule has 154 valence electrons. The van der Waals surface area contributed by atoms with Crippen LogP contribution in [-0.2, 0) is 10.0 Å². The van der Waals surface area contributed by atoms with E-state index < -0.39 is 26.5 Å². The fraction of sp³-hybridized carbons (Fsp3) is 0.350. The third kappa shape index (κ3) is 3.78. The highest BCUT2D eigenvalue weighted by Crippen LogP contribution is 2.45.